The van der Waals surface area contributed by atoms with Crippen molar-refractivity contribution in [3.63, 3.8) is 0 Å². The van der Waals surface area contributed by atoms with Crippen molar-refractivity contribution >= 4 is 36.4 Å². The fraction of sp³-hybridized carbons (Fsp3) is 0.562. The number of halogens is 2. The second-order valence-corrected chi connectivity index (χ2v) is 5.46. The van der Waals surface area contributed by atoms with Crippen LogP contribution in [0.4, 0.5) is 5.69 Å². The lowest BCUT2D eigenvalue weighted by molar-refractivity contribution is -0.123. The number of nitrogens with one attached hydrogen (secondary N) is 1. The molecular weight excluding hydrogens is 337 g/mol. The summed E-state index contributed by atoms with van der Waals surface area (Å²) in [7, 11) is 1.69. The molecule has 1 aliphatic rings. The smallest absolute Gasteiger partial charge is 0.237 e. The van der Waals surface area contributed by atoms with Crippen molar-refractivity contribution in [1.29, 1.82) is 0 Å². The lowest BCUT2D eigenvalue weighted by Gasteiger charge is -2.35. The van der Waals surface area contributed by atoms with E-state index in [0.29, 0.717) is 6.42 Å². The van der Waals surface area contributed by atoms with E-state index in [4.69, 9.17) is 10.5 Å². The summed E-state index contributed by atoms with van der Waals surface area (Å²) in [4.78, 5) is 14.1. The van der Waals surface area contributed by atoms with Gasteiger partial charge in [0.25, 0.3) is 0 Å². The van der Waals surface area contributed by atoms with E-state index in [1.807, 2.05) is 25.1 Å². The van der Waals surface area contributed by atoms with Gasteiger partial charge in [-0.25, -0.2) is 0 Å². The second kappa shape index (κ2) is 10.6. The van der Waals surface area contributed by atoms with E-state index in [-0.39, 0.29) is 36.8 Å². The number of para-hydroxylation sites is 2. The number of piperidine rings is 1. The van der Waals surface area contributed by atoms with Crippen LogP contribution in [0.3, 0.4) is 0 Å². The van der Waals surface area contributed by atoms with Crippen LogP contribution in [0.1, 0.15) is 26.2 Å². The predicted molar refractivity (Wildman–Crippen MR) is 99.1 cm³/mol. The van der Waals surface area contributed by atoms with Crippen LogP contribution >= 0.6 is 24.8 Å². The van der Waals surface area contributed by atoms with Gasteiger partial charge in [-0.05, 0) is 31.4 Å². The Balaban J connectivity index is 0.00000242. The third-order valence-electron chi connectivity index (χ3n) is 4.04. The molecule has 0 aromatic heterocycles. The van der Waals surface area contributed by atoms with Crippen LogP contribution in [0, 0.1) is 0 Å². The maximum absolute atomic E-state index is 11.8. The van der Waals surface area contributed by atoms with Crippen molar-refractivity contribution in [3.05, 3.63) is 24.3 Å². The van der Waals surface area contributed by atoms with E-state index >= 15 is 0 Å². The maximum atomic E-state index is 11.8. The van der Waals surface area contributed by atoms with Crippen LogP contribution in [0.25, 0.3) is 0 Å². The molecule has 0 spiro atoms. The zero-order chi connectivity index (χ0) is 15.2. The van der Waals surface area contributed by atoms with E-state index < -0.39 is 6.04 Å². The summed E-state index contributed by atoms with van der Waals surface area (Å²) < 4.78 is 5.41. The van der Waals surface area contributed by atoms with E-state index in [1.54, 1.807) is 7.11 Å². The molecule has 3 N–H and O–H groups in total. The molecule has 1 atom stereocenters. The van der Waals surface area contributed by atoms with E-state index in [2.05, 4.69) is 16.3 Å². The molecule has 1 heterocycles. The molecule has 7 heteroatoms. The van der Waals surface area contributed by atoms with Crippen LogP contribution < -0.4 is 20.7 Å². The van der Waals surface area contributed by atoms with Gasteiger partial charge in [0, 0.05) is 19.1 Å². The fourth-order valence-electron chi connectivity index (χ4n) is 2.65. The van der Waals surface area contributed by atoms with Gasteiger partial charge < -0.3 is 20.7 Å². The Labute approximate surface area is 150 Å². The van der Waals surface area contributed by atoms with Gasteiger partial charge in [-0.2, -0.15) is 0 Å². The molecule has 0 saturated carbocycles. The van der Waals surface area contributed by atoms with Crippen molar-refractivity contribution in [1.82, 2.24) is 5.32 Å². The average molecular weight is 364 g/mol. The van der Waals surface area contributed by atoms with E-state index in [0.717, 1.165) is 37.4 Å². The number of benzene rings is 1. The molecule has 1 aromatic rings. The molecule has 0 aliphatic carbocycles. The van der Waals surface area contributed by atoms with Gasteiger partial charge in [-0.15, -0.1) is 24.8 Å². The van der Waals surface area contributed by atoms with Gasteiger partial charge in [-0.3, -0.25) is 4.79 Å². The zero-order valence-electron chi connectivity index (χ0n) is 13.7. The lowest BCUT2D eigenvalue weighted by Crippen LogP contribution is -2.49. The number of nitrogens with two attached hydrogens (primary N) is 1. The van der Waals surface area contributed by atoms with Gasteiger partial charge in [0.15, 0.2) is 0 Å². The molecule has 1 amide bonds. The number of ether oxygens (including phenoxy) is 1. The Morgan fingerprint density at radius 2 is 1.96 bits per heavy atom. The lowest BCUT2D eigenvalue weighted by atomic mass is 10.0. The molecule has 1 saturated heterocycles. The maximum Gasteiger partial charge on any atom is 0.237 e. The Morgan fingerprint density at radius 1 is 1.35 bits per heavy atom. The highest BCUT2D eigenvalue weighted by Gasteiger charge is 2.23. The van der Waals surface area contributed by atoms with Gasteiger partial charge in [-0.1, -0.05) is 19.1 Å². The van der Waals surface area contributed by atoms with Crippen molar-refractivity contribution in [2.45, 2.75) is 38.3 Å². The van der Waals surface area contributed by atoms with Crippen LogP contribution in [-0.2, 0) is 4.79 Å². The van der Waals surface area contributed by atoms with Crippen LogP contribution in [-0.4, -0.2) is 38.2 Å². The van der Waals surface area contributed by atoms with Crippen molar-refractivity contribution in [2.24, 2.45) is 5.73 Å². The molecule has 5 nitrogen and oxygen atoms in total. The minimum atomic E-state index is -0.391. The average Bonchev–Trinajstić information content (AvgIpc) is 2.54. The number of methoxy groups -OCH3 is 1. The first-order chi connectivity index (χ1) is 10.2. The predicted octanol–water partition coefficient (Wildman–Crippen LogP) is 2.36. The summed E-state index contributed by atoms with van der Waals surface area (Å²) in [6.07, 6.45) is 2.53. The molecule has 1 aliphatic heterocycles. The topological polar surface area (TPSA) is 67.6 Å². The number of anilines is 1. The summed E-state index contributed by atoms with van der Waals surface area (Å²) in [6, 6.07) is 7.88. The van der Waals surface area contributed by atoms with Gasteiger partial charge in [0.05, 0.1) is 18.8 Å². The van der Waals surface area contributed by atoms with Crippen LogP contribution in [0.15, 0.2) is 24.3 Å². The normalized spacial score (nSPS) is 15.9. The van der Waals surface area contributed by atoms with Crippen LogP contribution in [0.2, 0.25) is 0 Å². The highest BCUT2D eigenvalue weighted by molar-refractivity contribution is 5.85. The molecule has 2 rings (SSSR count). The Hall–Kier alpha value is -1.17. The number of hydrogen-bond donors (Lipinski definition) is 2. The van der Waals surface area contributed by atoms with Crippen molar-refractivity contribution in [2.75, 3.05) is 25.1 Å². The van der Waals surface area contributed by atoms with Crippen molar-refractivity contribution < 1.29 is 9.53 Å². The number of amides is 1. The third-order valence-corrected chi connectivity index (χ3v) is 4.04. The Morgan fingerprint density at radius 3 is 2.52 bits per heavy atom. The molecule has 0 bridgehead atoms. The first-order valence-corrected chi connectivity index (χ1v) is 7.59. The monoisotopic (exact) mass is 363 g/mol. The van der Waals surface area contributed by atoms with Gasteiger partial charge in [0.2, 0.25) is 5.91 Å². The fourth-order valence-corrected chi connectivity index (χ4v) is 2.65. The summed E-state index contributed by atoms with van der Waals surface area (Å²) in [5, 5.41) is 3.05. The van der Waals surface area contributed by atoms with Gasteiger partial charge in [0.1, 0.15) is 5.75 Å². The molecular formula is C16H27Cl2N3O2. The molecule has 132 valence electrons. The molecule has 1 fully saturated rings. The number of hydrogen-bond acceptors (Lipinski definition) is 4. The summed E-state index contributed by atoms with van der Waals surface area (Å²) >= 11 is 0. The third kappa shape index (κ3) is 5.75. The molecule has 23 heavy (non-hydrogen) atoms. The van der Waals surface area contributed by atoms with Crippen molar-refractivity contribution in [3.8, 4) is 5.75 Å². The Bertz CT molecular complexity index is 480. The highest BCUT2D eigenvalue weighted by Crippen LogP contribution is 2.29. The van der Waals surface area contributed by atoms with Crippen LogP contribution in [0.5, 0.6) is 5.75 Å². The first-order valence-electron chi connectivity index (χ1n) is 7.59. The number of carbonyl (C=O) groups is 1. The highest BCUT2D eigenvalue weighted by atomic mass is 35.5. The number of rotatable bonds is 5. The molecule has 0 radical (unpaired) electrons. The minimum absolute atomic E-state index is 0. The van der Waals surface area contributed by atoms with E-state index in [1.165, 1.54) is 0 Å². The largest absolute Gasteiger partial charge is 0.495 e. The zero-order valence-corrected chi connectivity index (χ0v) is 15.3. The number of nitrogens with zero attached hydrogens (tertiary/aromatic N) is 1. The summed E-state index contributed by atoms with van der Waals surface area (Å²) in [6.45, 7) is 3.74. The number of carbonyl (C=O) groups excluding carboxylic acids is 1. The molecule has 0 unspecified atom stereocenters. The first kappa shape index (κ1) is 21.8. The minimum Gasteiger partial charge on any atom is -0.495 e. The molecule has 1 aromatic carbocycles. The van der Waals surface area contributed by atoms with E-state index in [9.17, 15) is 4.79 Å². The quantitative estimate of drug-likeness (QED) is 0.842. The summed E-state index contributed by atoms with van der Waals surface area (Å²) in [5.74, 6) is 0.862. The SMILES string of the molecule is CC[C@H](N)C(=O)NC1CCN(c2ccccc2OC)CC1.Cl.Cl. The summed E-state index contributed by atoms with van der Waals surface area (Å²) in [5.41, 5.74) is 6.87. The Kier molecular flexibility index (Phi) is 10.0. The second-order valence-electron chi connectivity index (χ2n) is 5.46. The standard InChI is InChI=1S/C16H25N3O2.2ClH/c1-3-13(17)16(20)18-12-8-10-19(11-9-12)14-6-4-5-7-15(14)21-2;;/h4-7,12-13H,3,8-11,17H2,1-2H3,(H,18,20);2*1H/t13-;;/m0../s1. The van der Waals surface area contributed by atoms with Gasteiger partial charge >= 0.3 is 0 Å².